The summed E-state index contributed by atoms with van der Waals surface area (Å²) in [6.07, 6.45) is 1.33. The summed E-state index contributed by atoms with van der Waals surface area (Å²) in [6.45, 7) is 4.71. The van der Waals surface area contributed by atoms with Crippen molar-refractivity contribution in [3.05, 3.63) is 28.2 Å². The molecule has 1 aromatic rings. The van der Waals surface area contributed by atoms with Gasteiger partial charge in [0.25, 0.3) is 0 Å². The van der Waals surface area contributed by atoms with Gasteiger partial charge in [0.1, 0.15) is 5.84 Å². The molecule has 1 heterocycles. The molecule has 18 heavy (non-hydrogen) atoms. The van der Waals surface area contributed by atoms with Crippen molar-refractivity contribution < 1.29 is 4.74 Å². The van der Waals surface area contributed by atoms with Crippen molar-refractivity contribution >= 4 is 27.5 Å². The maximum absolute atomic E-state index is 7.43. The molecule has 1 aromatic carbocycles. The van der Waals surface area contributed by atoms with Crippen molar-refractivity contribution in [3.63, 3.8) is 0 Å². The van der Waals surface area contributed by atoms with Crippen LogP contribution < -0.4 is 10.6 Å². The van der Waals surface area contributed by atoms with E-state index in [0.29, 0.717) is 6.10 Å². The topological polar surface area (TPSA) is 62.3 Å². The van der Waals surface area contributed by atoms with Crippen LogP contribution in [0.3, 0.4) is 0 Å². The van der Waals surface area contributed by atoms with Gasteiger partial charge in [-0.15, -0.1) is 0 Å². The van der Waals surface area contributed by atoms with Crippen molar-refractivity contribution in [2.75, 3.05) is 24.6 Å². The van der Waals surface area contributed by atoms with Crippen LogP contribution in [0.1, 0.15) is 18.9 Å². The number of ether oxygens (including phenoxy) is 1. The first-order valence-corrected chi connectivity index (χ1v) is 6.91. The van der Waals surface area contributed by atoms with E-state index < -0.39 is 0 Å². The van der Waals surface area contributed by atoms with Gasteiger partial charge in [0.05, 0.1) is 18.4 Å². The summed E-state index contributed by atoms with van der Waals surface area (Å²) in [5.41, 5.74) is 7.37. The molecule has 3 N–H and O–H groups in total. The van der Waals surface area contributed by atoms with Crippen LogP contribution in [0.5, 0.6) is 0 Å². The lowest BCUT2D eigenvalue weighted by molar-refractivity contribution is 0.0384. The molecule has 0 bridgehead atoms. The van der Waals surface area contributed by atoms with Gasteiger partial charge in [-0.1, -0.05) is 6.92 Å². The van der Waals surface area contributed by atoms with Gasteiger partial charge in [0.15, 0.2) is 0 Å². The van der Waals surface area contributed by atoms with Gasteiger partial charge in [-0.05, 0) is 40.5 Å². The van der Waals surface area contributed by atoms with Crippen molar-refractivity contribution in [1.29, 1.82) is 5.41 Å². The lowest BCUT2D eigenvalue weighted by Crippen LogP contribution is -2.42. The van der Waals surface area contributed by atoms with Gasteiger partial charge in [0, 0.05) is 23.1 Å². The summed E-state index contributed by atoms with van der Waals surface area (Å²) in [6, 6.07) is 5.80. The average Bonchev–Trinajstić information content (AvgIpc) is 2.38. The van der Waals surface area contributed by atoms with E-state index in [1.807, 2.05) is 18.2 Å². The molecule has 0 aliphatic carbocycles. The van der Waals surface area contributed by atoms with E-state index in [1.54, 1.807) is 0 Å². The molecular formula is C13H18BrN3O. The normalized spacial score (nSPS) is 19.9. The second-order valence-corrected chi connectivity index (χ2v) is 5.28. The van der Waals surface area contributed by atoms with Crippen LogP contribution in [0.15, 0.2) is 22.7 Å². The summed E-state index contributed by atoms with van der Waals surface area (Å²) in [5, 5.41) is 7.43. The third-order valence-electron chi connectivity index (χ3n) is 3.19. The quantitative estimate of drug-likeness (QED) is 0.665. The third kappa shape index (κ3) is 2.84. The monoisotopic (exact) mass is 311 g/mol. The van der Waals surface area contributed by atoms with E-state index >= 15 is 0 Å². The van der Waals surface area contributed by atoms with E-state index in [-0.39, 0.29) is 5.84 Å². The average molecular weight is 312 g/mol. The van der Waals surface area contributed by atoms with E-state index in [4.69, 9.17) is 15.9 Å². The Kier molecular flexibility index (Phi) is 4.24. The maximum Gasteiger partial charge on any atom is 0.122 e. The highest BCUT2D eigenvalue weighted by molar-refractivity contribution is 9.10. The number of nitrogen functional groups attached to an aromatic ring is 1. The Hall–Kier alpha value is -1.07. The van der Waals surface area contributed by atoms with E-state index in [1.165, 1.54) is 0 Å². The Balaban J connectivity index is 2.20. The number of anilines is 1. The molecule has 98 valence electrons. The van der Waals surface area contributed by atoms with Crippen LogP contribution in [-0.2, 0) is 4.74 Å². The zero-order valence-corrected chi connectivity index (χ0v) is 12.0. The largest absolute Gasteiger partial charge is 0.384 e. The van der Waals surface area contributed by atoms with Crippen molar-refractivity contribution in [3.8, 4) is 0 Å². The highest BCUT2D eigenvalue weighted by atomic mass is 79.9. The van der Waals surface area contributed by atoms with Crippen LogP contribution in [0.25, 0.3) is 0 Å². The SMILES string of the molecule is CCC1CN(c2ccc(C(=N)N)cc2Br)CCO1. The molecular weight excluding hydrogens is 294 g/mol. The lowest BCUT2D eigenvalue weighted by Gasteiger charge is -2.34. The summed E-state index contributed by atoms with van der Waals surface area (Å²) in [7, 11) is 0. The molecule has 1 saturated heterocycles. The van der Waals surface area contributed by atoms with Crippen molar-refractivity contribution in [2.24, 2.45) is 5.73 Å². The molecule has 1 atom stereocenters. The van der Waals surface area contributed by atoms with Crippen LogP contribution in [0.2, 0.25) is 0 Å². The standard InChI is InChI=1S/C13H18BrN3O/c1-2-10-8-17(5-6-18-10)12-4-3-9(13(15)16)7-11(12)14/h3-4,7,10H,2,5-6,8H2,1H3,(H3,15,16). The second kappa shape index (κ2) is 5.71. The van der Waals surface area contributed by atoms with Gasteiger partial charge < -0.3 is 15.4 Å². The van der Waals surface area contributed by atoms with Crippen molar-refractivity contribution in [2.45, 2.75) is 19.4 Å². The molecule has 0 spiro atoms. The number of halogens is 1. The highest BCUT2D eigenvalue weighted by Crippen LogP contribution is 2.29. The van der Waals surface area contributed by atoms with Gasteiger partial charge in [-0.25, -0.2) is 0 Å². The maximum atomic E-state index is 7.43. The van der Waals surface area contributed by atoms with Crippen molar-refractivity contribution in [1.82, 2.24) is 0 Å². The van der Waals surface area contributed by atoms with Gasteiger partial charge in [0.2, 0.25) is 0 Å². The first kappa shape index (κ1) is 13.4. The zero-order valence-electron chi connectivity index (χ0n) is 10.4. The Morgan fingerprint density at radius 1 is 1.61 bits per heavy atom. The highest BCUT2D eigenvalue weighted by Gasteiger charge is 2.20. The molecule has 2 rings (SSSR count). The summed E-state index contributed by atoms with van der Waals surface area (Å²) in [4.78, 5) is 2.31. The molecule has 0 aromatic heterocycles. The molecule has 1 unspecified atom stereocenters. The molecule has 0 radical (unpaired) electrons. The molecule has 1 aliphatic rings. The minimum Gasteiger partial charge on any atom is -0.384 e. The number of nitrogens with zero attached hydrogens (tertiary/aromatic N) is 1. The fourth-order valence-corrected chi connectivity index (χ4v) is 2.75. The molecule has 1 fully saturated rings. The second-order valence-electron chi connectivity index (χ2n) is 4.43. The predicted octanol–water partition coefficient (Wildman–Crippen LogP) is 2.35. The number of rotatable bonds is 3. The van der Waals surface area contributed by atoms with E-state index in [2.05, 4.69) is 27.8 Å². The first-order chi connectivity index (χ1) is 8.61. The summed E-state index contributed by atoms with van der Waals surface area (Å²) in [5.74, 6) is 0.0932. The third-order valence-corrected chi connectivity index (χ3v) is 3.83. The Morgan fingerprint density at radius 2 is 2.39 bits per heavy atom. The number of amidine groups is 1. The van der Waals surface area contributed by atoms with Gasteiger partial charge >= 0.3 is 0 Å². The Bertz CT molecular complexity index is 450. The van der Waals surface area contributed by atoms with Gasteiger partial charge in [-0.3, -0.25) is 5.41 Å². The van der Waals surface area contributed by atoms with Gasteiger partial charge in [-0.2, -0.15) is 0 Å². The number of benzene rings is 1. The molecule has 0 amide bonds. The van der Waals surface area contributed by atoms with E-state index in [9.17, 15) is 0 Å². The molecule has 0 saturated carbocycles. The fourth-order valence-electron chi connectivity index (χ4n) is 2.12. The van der Waals surface area contributed by atoms with Crippen LogP contribution >= 0.6 is 15.9 Å². The zero-order chi connectivity index (χ0) is 13.1. The number of hydrogen-bond acceptors (Lipinski definition) is 3. The summed E-state index contributed by atoms with van der Waals surface area (Å²) < 4.78 is 6.65. The number of hydrogen-bond donors (Lipinski definition) is 2. The predicted molar refractivity (Wildman–Crippen MR) is 77.4 cm³/mol. The van der Waals surface area contributed by atoms with Crippen LogP contribution in [-0.4, -0.2) is 31.6 Å². The number of morpholine rings is 1. The van der Waals surface area contributed by atoms with Crippen LogP contribution in [0, 0.1) is 5.41 Å². The first-order valence-electron chi connectivity index (χ1n) is 6.12. The van der Waals surface area contributed by atoms with Crippen LogP contribution in [0.4, 0.5) is 5.69 Å². The Labute approximate surface area is 116 Å². The summed E-state index contributed by atoms with van der Waals surface area (Å²) >= 11 is 3.56. The molecule has 4 nitrogen and oxygen atoms in total. The number of nitrogens with two attached hydrogens (primary N) is 1. The lowest BCUT2D eigenvalue weighted by atomic mass is 10.1. The molecule has 1 aliphatic heterocycles. The van der Waals surface area contributed by atoms with E-state index in [0.717, 1.165) is 41.8 Å². The minimum atomic E-state index is 0.0932. The smallest absolute Gasteiger partial charge is 0.122 e. The Morgan fingerprint density at radius 3 is 3.00 bits per heavy atom. The number of nitrogens with one attached hydrogen (secondary N) is 1. The fraction of sp³-hybridized carbons (Fsp3) is 0.462. The molecule has 5 heteroatoms. The minimum absolute atomic E-state index is 0.0932.